The molecule has 24 heavy (non-hydrogen) atoms. The molecule has 130 valence electrons. The van der Waals surface area contributed by atoms with E-state index < -0.39 is 0 Å². The first kappa shape index (κ1) is 16.6. The number of nitrogens with one attached hydrogen (secondary N) is 1. The largest absolute Gasteiger partial charge is 0.450 e. The Bertz CT molecular complexity index is 688. The lowest BCUT2D eigenvalue weighted by atomic mass is 10.3. The number of guanidine groups is 1. The number of piperazine rings is 1. The van der Waals surface area contributed by atoms with Crippen LogP contribution in [-0.2, 0) is 11.3 Å². The molecular weight excluding hydrogens is 328 g/mol. The van der Waals surface area contributed by atoms with E-state index in [-0.39, 0.29) is 6.09 Å². The Kier molecular flexibility index (Phi) is 5.19. The zero-order valence-electron chi connectivity index (χ0n) is 13.9. The van der Waals surface area contributed by atoms with Crippen LogP contribution in [0.1, 0.15) is 12.6 Å². The van der Waals surface area contributed by atoms with Crippen LogP contribution in [0.3, 0.4) is 0 Å². The fourth-order valence-corrected chi connectivity index (χ4v) is 3.40. The molecule has 8 nitrogen and oxygen atoms in total. The molecule has 2 aromatic rings. The van der Waals surface area contributed by atoms with Gasteiger partial charge in [0.15, 0.2) is 10.9 Å². The number of nitrogens with zero attached hydrogens (tertiary/aromatic N) is 5. The second kappa shape index (κ2) is 7.52. The number of fused-ring (bicyclic) bond motifs is 1. The van der Waals surface area contributed by atoms with Crippen LogP contribution in [0, 0.1) is 0 Å². The topological polar surface area (TPSA) is 74.5 Å². The van der Waals surface area contributed by atoms with Gasteiger partial charge in [0.2, 0.25) is 0 Å². The van der Waals surface area contributed by atoms with E-state index in [4.69, 9.17) is 4.74 Å². The smallest absolute Gasteiger partial charge is 0.409 e. The van der Waals surface area contributed by atoms with Gasteiger partial charge in [-0.15, -0.1) is 11.3 Å². The van der Waals surface area contributed by atoms with Crippen molar-refractivity contribution in [3.63, 3.8) is 0 Å². The van der Waals surface area contributed by atoms with Crippen LogP contribution in [0.5, 0.6) is 0 Å². The van der Waals surface area contributed by atoms with E-state index in [2.05, 4.69) is 20.2 Å². The molecule has 0 aliphatic carbocycles. The van der Waals surface area contributed by atoms with Gasteiger partial charge >= 0.3 is 6.09 Å². The molecule has 1 fully saturated rings. The van der Waals surface area contributed by atoms with Gasteiger partial charge in [-0.2, -0.15) is 0 Å². The van der Waals surface area contributed by atoms with Gasteiger partial charge < -0.3 is 19.9 Å². The number of rotatable bonds is 3. The molecular formula is C15H22N6O2S. The van der Waals surface area contributed by atoms with E-state index in [1.807, 2.05) is 29.1 Å². The fraction of sp³-hybridized carbons (Fsp3) is 0.533. The van der Waals surface area contributed by atoms with Crippen LogP contribution in [0.2, 0.25) is 0 Å². The maximum Gasteiger partial charge on any atom is 0.409 e. The Morgan fingerprint density at radius 2 is 2.12 bits per heavy atom. The zero-order valence-corrected chi connectivity index (χ0v) is 14.8. The third kappa shape index (κ3) is 3.61. The number of carbonyl (C=O) groups excluding carboxylic acids is 1. The number of amides is 1. The molecule has 1 amide bonds. The van der Waals surface area contributed by atoms with E-state index in [1.165, 1.54) is 0 Å². The number of hydrogen-bond donors (Lipinski definition) is 1. The van der Waals surface area contributed by atoms with E-state index >= 15 is 0 Å². The van der Waals surface area contributed by atoms with E-state index in [9.17, 15) is 4.79 Å². The molecule has 3 rings (SSSR count). The van der Waals surface area contributed by atoms with Crippen molar-refractivity contribution in [2.45, 2.75) is 13.5 Å². The maximum absolute atomic E-state index is 11.7. The van der Waals surface area contributed by atoms with Gasteiger partial charge in [-0.1, -0.05) is 0 Å². The van der Waals surface area contributed by atoms with Crippen molar-refractivity contribution in [1.29, 1.82) is 0 Å². The molecule has 0 spiro atoms. The van der Waals surface area contributed by atoms with Crippen molar-refractivity contribution in [3.05, 3.63) is 23.5 Å². The molecule has 0 saturated carbocycles. The van der Waals surface area contributed by atoms with E-state index in [1.54, 1.807) is 23.3 Å². The molecule has 0 unspecified atom stereocenters. The lowest BCUT2D eigenvalue weighted by Gasteiger charge is -2.35. The third-order valence-electron chi connectivity index (χ3n) is 3.89. The van der Waals surface area contributed by atoms with E-state index in [0.717, 1.165) is 29.7 Å². The first-order chi connectivity index (χ1) is 11.7. The van der Waals surface area contributed by atoms with Crippen molar-refractivity contribution in [3.8, 4) is 0 Å². The normalized spacial score (nSPS) is 15.8. The minimum Gasteiger partial charge on any atom is -0.450 e. The summed E-state index contributed by atoms with van der Waals surface area (Å²) in [7, 11) is 1.77. The minimum atomic E-state index is -0.238. The maximum atomic E-state index is 11.7. The van der Waals surface area contributed by atoms with Gasteiger partial charge in [-0.3, -0.25) is 9.39 Å². The summed E-state index contributed by atoms with van der Waals surface area (Å²) in [4.78, 5) is 25.5. The van der Waals surface area contributed by atoms with Gasteiger partial charge in [-0.25, -0.2) is 9.78 Å². The third-order valence-corrected chi connectivity index (χ3v) is 4.66. The summed E-state index contributed by atoms with van der Waals surface area (Å²) in [6, 6.07) is 0. The highest BCUT2D eigenvalue weighted by Gasteiger charge is 2.23. The molecule has 0 aromatic carbocycles. The summed E-state index contributed by atoms with van der Waals surface area (Å²) < 4.78 is 7.06. The van der Waals surface area contributed by atoms with Gasteiger partial charge in [0.05, 0.1) is 18.8 Å². The summed E-state index contributed by atoms with van der Waals surface area (Å²) in [6.07, 6.45) is 3.78. The number of hydrogen-bond acceptors (Lipinski definition) is 5. The standard InChI is InChI=1S/C15H22N6O2S/c1-3-23-15(22)20-6-4-19(5-7-20)13(16-2)17-10-12-11-21-8-9-24-14(21)18-12/h8-9,11H,3-7,10H2,1-2H3,(H,16,17). The predicted molar refractivity (Wildman–Crippen MR) is 93.4 cm³/mol. The average molecular weight is 350 g/mol. The Labute approximate surface area is 144 Å². The minimum absolute atomic E-state index is 0.238. The summed E-state index contributed by atoms with van der Waals surface area (Å²) in [6.45, 7) is 5.59. The molecule has 0 atom stereocenters. The highest BCUT2D eigenvalue weighted by Crippen LogP contribution is 2.11. The van der Waals surface area contributed by atoms with Crippen molar-refractivity contribution in [2.24, 2.45) is 4.99 Å². The Morgan fingerprint density at radius 3 is 2.79 bits per heavy atom. The molecule has 1 N–H and O–H groups in total. The Morgan fingerprint density at radius 1 is 1.38 bits per heavy atom. The lowest BCUT2D eigenvalue weighted by Crippen LogP contribution is -2.53. The lowest BCUT2D eigenvalue weighted by molar-refractivity contribution is 0.0914. The number of aliphatic imine (C=N–C) groups is 1. The van der Waals surface area contributed by atoms with Crippen molar-refractivity contribution < 1.29 is 9.53 Å². The van der Waals surface area contributed by atoms with Gasteiger partial charge in [0, 0.05) is 51.0 Å². The second-order valence-electron chi connectivity index (χ2n) is 5.40. The second-order valence-corrected chi connectivity index (χ2v) is 6.27. The molecule has 0 radical (unpaired) electrons. The molecule has 1 saturated heterocycles. The fourth-order valence-electron chi connectivity index (χ4n) is 2.68. The molecule has 3 heterocycles. The van der Waals surface area contributed by atoms with Crippen molar-refractivity contribution in [1.82, 2.24) is 24.5 Å². The van der Waals surface area contributed by atoms with Crippen molar-refractivity contribution >= 4 is 28.4 Å². The van der Waals surface area contributed by atoms with Crippen LogP contribution in [0.4, 0.5) is 4.79 Å². The molecule has 0 bridgehead atoms. The number of aromatic nitrogens is 2. The number of ether oxygens (including phenoxy) is 1. The highest BCUT2D eigenvalue weighted by molar-refractivity contribution is 7.15. The number of carbonyl (C=O) groups is 1. The first-order valence-electron chi connectivity index (χ1n) is 7.99. The summed E-state index contributed by atoms with van der Waals surface area (Å²) >= 11 is 1.62. The Hall–Kier alpha value is -2.29. The zero-order chi connectivity index (χ0) is 16.9. The van der Waals surface area contributed by atoms with E-state index in [0.29, 0.717) is 26.2 Å². The van der Waals surface area contributed by atoms with Crippen LogP contribution >= 0.6 is 11.3 Å². The average Bonchev–Trinajstić information content (AvgIpc) is 3.18. The van der Waals surface area contributed by atoms with Crippen molar-refractivity contribution in [2.75, 3.05) is 39.8 Å². The Balaban J connectivity index is 1.52. The SMILES string of the molecule is CCOC(=O)N1CCN(C(=NC)NCc2cn3ccsc3n2)CC1. The van der Waals surface area contributed by atoms with Crippen LogP contribution in [0.25, 0.3) is 4.96 Å². The molecule has 1 aliphatic heterocycles. The molecule has 1 aliphatic rings. The summed E-state index contributed by atoms with van der Waals surface area (Å²) in [5.41, 5.74) is 0.980. The quantitative estimate of drug-likeness (QED) is 0.666. The van der Waals surface area contributed by atoms with Crippen LogP contribution in [-0.4, -0.2) is 71.1 Å². The molecule has 9 heteroatoms. The van der Waals surface area contributed by atoms with Gasteiger partial charge in [-0.05, 0) is 6.92 Å². The van der Waals surface area contributed by atoms with Gasteiger partial charge in [0.1, 0.15) is 0 Å². The first-order valence-corrected chi connectivity index (χ1v) is 8.87. The van der Waals surface area contributed by atoms with Crippen LogP contribution in [0.15, 0.2) is 22.8 Å². The predicted octanol–water partition coefficient (Wildman–Crippen LogP) is 1.25. The summed E-state index contributed by atoms with van der Waals surface area (Å²) in [5.74, 6) is 0.829. The van der Waals surface area contributed by atoms with Crippen LogP contribution < -0.4 is 5.32 Å². The molecule has 2 aromatic heterocycles. The summed E-state index contributed by atoms with van der Waals surface area (Å²) in [5, 5.41) is 5.36. The number of thiazole rings is 1. The number of imidazole rings is 1. The monoisotopic (exact) mass is 350 g/mol. The van der Waals surface area contributed by atoms with Gasteiger partial charge in [0.25, 0.3) is 0 Å². The highest BCUT2D eigenvalue weighted by atomic mass is 32.1.